The zero-order valence-electron chi connectivity index (χ0n) is 33.2. The highest BCUT2D eigenvalue weighted by Crippen LogP contribution is 2.40. The summed E-state index contributed by atoms with van der Waals surface area (Å²) in [7, 11) is 5.10. The topological polar surface area (TPSA) is 189 Å². The second-order valence-corrected chi connectivity index (χ2v) is 16.5. The Balaban J connectivity index is 2.16. The number of hydrogen-bond donors (Lipinski definition) is 6. The predicted molar refractivity (Wildman–Crippen MR) is 190 cm³/mol. The third-order valence-corrected chi connectivity index (χ3v) is 11.9. The van der Waals surface area contributed by atoms with Crippen LogP contribution in [0, 0.1) is 17.8 Å². The van der Waals surface area contributed by atoms with Crippen molar-refractivity contribution in [2.24, 2.45) is 17.8 Å². The average molecular weight is 735 g/mol. The van der Waals surface area contributed by atoms with Crippen LogP contribution < -0.4 is 5.32 Å². The van der Waals surface area contributed by atoms with Crippen LogP contribution in [0.4, 0.5) is 0 Å². The summed E-state index contributed by atoms with van der Waals surface area (Å²) in [4.78, 5) is 16.1. The maximum atomic E-state index is 14.2. The Morgan fingerprint density at radius 3 is 2.16 bits per heavy atom. The number of aliphatic hydroxyl groups excluding tert-OH is 3. The molecule has 0 aromatic rings. The quantitative estimate of drug-likeness (QED) is 0.207. The van der Waals surface area contributed by atoms with Gasteiger partial charge in [0.25, 0.3) is 0 Å². The Bertz CT molecular complexity index is 1110. The molecule has 300 valence electrons. The van der Waals surface area contributed by atoms with Gasteiger partial charge in [-0.2, -0.15) is 0 Å². The van der Waals surface area contributed by atoms with Crippen molar-refractivity contribution in [3.8, 4) is 0 Å². The molecule has 51 heavy (non-hydrogen) atoms. The van der Waals surface area contributed by atoms with Gasteiger partial charge in [-0.05, 0) is 87.7 Å². The molecular weight excluding hydrogens is 664 g/mol. The van der Waals surface area contributed by atoms with E-state index in [-0.39, 0.29) is 37.3 Å². The molecule has 3 heterocycles. The van der Waals surface area contributed by atoms with Crippen LogP contribution in [0.1, 0.15) is 94.9 Å². The van der Waals surface area contributed by atoms with Crippen molar-refractivity contribution < 1.29 is 58.7 Å². The molecule has 18 atom stereocenters. The van der Waals surface area contributed by atoms with Crippen molar-refractivity contribution in [1.29, 1.82) is 0 Å². The number of ether oxygens (including phenoxy) is 6. The summed E-state index contributed by atoms with van der Waals surface area (Å²) in [6, 6.07) is -0.858. The zero-order valence-corrected chi connectivity index (χ0v) is 33.2. The van der Waals surface area contributed by atoms with E-state index in [2.05, 4.69) is 5.32 Å². The monoisotopic (exact) mass is 734 g/mol. The van der Waals surface area contributed by atoms with Gasteiger partial charge in [0.15, 0.2) is 12.6 Å². The van der Waals surface area contributed by atoms with Crippen LogP contribution in [0.2, 0.25) is 0 Å². The van der Waals surface area contributed by atoms with Crippen molar-refractivity contribution >= 4 is 5.97 Å². The molecule has 3 rings (SSSR count). The molecule has 0 aliphatic carbocycles. The van der Waals surface area contributed by atoms with Crippen LogP contribution in [0.25, 0.3) is 0 Å². The Kier molecular flexibility index (Phi) is 15.3. The number of likely N-dealkylation sites (N-methyl/N-ethyl adjacent to an activating group) is 2. The minimum atomic E-state index is -1.80. The number of rotatable bonds is 7. The van der Waals surface area contributed by atoms with Gasteiger partial charge < -0.3 is 64.2 Å². The molecule has 1 unspecified atom stereocenters. The van der Waals surface area contributed by atoms with Gasteiger partial charge in [-0.1, -0.05) is 20.8 Å². The third-order valence-electron chi connectivity index (χ3n) is 11.9. The first kappa shape index (κ1) is 44.4. The van der Waals surface area contributed by atoms with Crippen molar-refractivity contribution in [3.05, 3.63) is 0 Å². The van der Waals surface area contributed by atoms with Crippen molar-refractivity contribution in [3.63, 3.8) is 0 Å². The van der Waals surface area contributed by atoms with E-state index in [4.69, 9.17) is 28.4 Å². The lowest BCUT2D eigenvalue weighted by Crippen LogP contribution is -2.60. The average Bonchev–Trinajstić information content (AvgIpc) is 3.05. The Hall–Kier alpha value is -1.01. The molecule has 3 saturated heterocycles. The normalized spacial score (nSPS) is 50.2. The number of hydrogen-bond acceptors (Lipinski definition) is 14. The summed E-state index contributed by atoms with van der Waals surface area (Å²) < 4.78 is 37.3. The summed E-state index contributed by atoms with van der Waals surface area (Å²) in [6.45, 7) is 18.0. The predicted octanol–water partition coefficient (Wildman–Crippen LogP) is 1.56. The van der Waals surface area contributed by atoms with Crippen LogP contribution in [0.3, 0.4) is 0 Å². The summed E-state index contributed by atoms with van der Waals surface area (Å²) in [5.74, 6) is -2.59. The second kappa shape index (κ2) is 17.6. The van der Waals surface area contributed by atoms with E-state index >= 15 is 0 Å². The number of esters is 1. The lowest BCUT2D eigenvalue weighted by molar-refractivity contribution is -0.316. The molecule has 0 spiro atoms. The van der Waals surface area contributed by atoms with E-state index in [1.54, 1.807) is 48.6 Å². The standard InChI is InChI=1S/C37H70N2O12/c1-14-26-37(10,45)30(41)23(6)39(12)18-19(2)16-35(8,44)32(51-34-28(40)25(38-11)15-20(3)47-34)21(4)29(22(5)33(43)49-26)50-27-17-36(9,46-13)31(42)24(7)48-27/h19-32,34,38,40-42,44-45H,14-18H2,1-13H3/t19-,20-,21+,22-,23-,24+,25+,26-,27+,28-,29+,30+,31+,32-,34+,35?,36-,37-/m1/s1. The zero-order chi connectivity index (χ0) is 38.8. The van der Waals surface area contributed by atoms with Crippen molar-refractivity contribution in [2.75, 3.05) is 27.7 Å². The molecule has 3 aliphatic rings. The first-order valence-electron chi connectivity index (χ1n) is 18.8. The summed E-state index contributed by atoms with van der Waals surface area (Å²) >= 11 is 0. The van der Waals surface area contributed by atoms with Gasteiger partial charge in [0.2, 0.25) is 0 Å². The smallest absolute Gasteiger partial charge is 0.311 e. The van der Waals surface area contributed by atoms with Crippen LogP contribution in [0.15, 0.2) is 0 Å². The number of methoxy groups -OCH3 is 1. The fourth-order valence-corrected chi connectivity index (χ4v) is 8.53. The number of aliphatic hydroxyl groups is 5. The molecule has 0 aromatic carbocycles. The van der Waals surface area contributed by atoms with E-state index < -0.39 is 96.0 Å². The Morgan fingerprint density at radius 1 is 0.961 bits per heavy atom. The number of cyclic esters (lactones) is 1. The minimum absolute atomic E-state index is 0.132. The van der Waals surface area contributed by atoms with Gasteiger partial charge in [0, 0.05) is 38.1 Å². The van der Waals surface area contributed by atoms with E-state index in [0.717, 1.165) is 0 Å². The molecule has 3 aliphatic heterocycles. The molecule has 6 N–H and O–H groups in total. The molecular formula is C37H70N2O12. The van der Waals surface area contributed by atoms with E-state index in [1.807, 2.05) is 32.7 Å². The lowest BCUT2D eigenvalue weighted by atomic mass is 9.77. The van der Waals surface area contributed by atoms with Gasteiger partial charge in [0.1, 0.15) is 30.0 Å². The van der Waals surface area contributed by atoms with Crippen LogP contribution in [-0.2, 0) is 33.2 Å². The lowest BCUT2D eigenvalue weighted by Gasteiger charge is -2.48. The fraction of sp³-hybridized carbons (Fsp3) is 0.973. The summed E-state index contributed by atoms with van der Waals surface area (Å²) in [5.41, 5.74) is -4.37. The molecule has 14 nitrogen and oxygen atoms in total. The molecule has 0 bridgehead atoms. The van der Waals surface area contributed by atoms with Gasteiger partial charge in [-0.25, -0.2) is 0 Å². The van der Waals surface area contributed by atoms with Crippen molar-refractivity contribution in [1.82, 2.24) is 10.2 Å². The van der Waals surface area contributed by atoms with E-state index in [9.17, 15) is 30.3 Å². The summed E-state index contributed by atoms with van der Waals surface area (Å²) in [6.07, 6.45) is -8.24. The highest BCUT2D eigenvalue weighted by Gasteiger charge is 2.52. The summed E-state index contributed by atoms with van der Waals surface area (Å²) in [5, 5.41) is 61.0. The minimum Gasteiger partial charge on any atom is -0.459 e. The van der Waals surface area contributed by atoms with Gasteiger partial charge in [-0.15, -0.1) is 0 Å². The Morgan fingerprint density at radius 2 is 1.59 bits per heavy atom. The molecule has 3 fully saturated rings. The third kappa shape index (κ3) is 10.0. The number of nitrogens with zero attached hydrogens (tertiary/aromatic N) is 1. The van der Waals surface area contributed by atoms with Crippen LogP contribution in [0.5, 0.6) is 0 Å². The number of carbonyl (C=O) groups excluding carboxylic acids is 1. The first-order chi connectivity index (χ1) is 23.5. The number of nitrogens with one attached hydrogen (secondary N) is 1. The highest BCUT2D eigenvalue weighted by atomic mass is 16.7. The van der Waals surface area contributed by atoms with Crippen LogP contribution in [-0.4, -0.2) is 154 Å². The van der Waals surface area contributed by atoms with Gasteiger partial charge in [0.05, 0.1) is 41.5 Å². The van der Waals surface area contributed by atoms with E-state index in [1.165, 1.54) is 14.0 Å². The molecule has 0 amide bonds. The molecule has 0 saturated carbocycles. The van der Waals surface area contributed by atoms with Gasteiger partial charge >= 0.3 is 5.97 Å². The largest absolute Gasteiger partial charge is 0.459 e. The van der Waals surface area contributed by atoms with Crippen LogP contribution >= 0.6 is 0 Å². The molecule has 0 aromatic heterocycles. The molecule has 0 radical (unpaired) electrons. The molecule has 14 heteroatoms. The highest BCUT2D eigenvalue weighted by molar-refractivity contribution is 5.73. The maximum absolute atomic E-state index is 14.2. The second-order valence-electron chi connectivity index (χ2n) is 16.5. The fourth-order valence-electron chi connectivity index (χ4n) is 8.53. The number of carbonyl (C=O) groups is 1. The van der Waals surface area contributed by atoms with E-state index in [0.29, 0.717) is 13.0 Å². The SMILES string of the molecule is CC[C@H]1OC(=O)[C@H](C)[C@@H](O[C@H]2C[C@@](C)(OC)[C@@H](O)[C@H](C)O2)[C@H](C)[C@@H](O[C@@H]2O[C@H](C)C[C@H](NC)[C@H]2O)C(C)(O)C[C@@H](C)CN(C)[C@H](C)[C@H](O)[C@]1(C)O. The first-order valence-corrected chi connectivity index (χ1v) is 18.8. The Labute approximate surface area is 305 Å². The van der Waals surface area contributed by atoms with Gasteiger partial charge in [-0.3, -0.25) is 4.79 Å². The van der Waals surface area contributed by atoms with Crippen molar-refractivity contribution in [2.45, 2.75) is 185 Å². The maximum Gasteiger partial charge on any atom is 0.311 e.